The van der Waals surface area contributed by atoms with E-state index in [1.807, 2.05) is 160 Å². The van der Waals surface area contributed by atoms with E-state index in [-0.39, 0.29) is 170 Å². The van der Waals surface area contributed by atoms with Crippen molar-refractivity contribution in [2.45, 2.75) is 241 Å². The summed E-state index contributed by atoms with van der Waals surface area (Å²) in [6.07, 6.45) is 2.99. The van der Waals surface area contributed by atoms with Crippen LogP contribution >= 0.6 is 11.3 Å². The first-order valence-corrected chi connectivity index (χ1v) is 49.1. The minimum Gasteiger partial charge on any atom is -0.391 e. The molecule has 39 heteroatoms. The lowest BCUT2D eigenvalue weighted by Crippen LogP contribution is -2.54. The average Bonchev–Trinajstić information content (AvgIpc) is 1.60. The van der Waals surface area contributed by atoms with E-state index in [4.69, 9.17) is 0 Å². The molecule has 21 rings (SSSR count). The Kier molecular flexibility index (Phi) is 31.0. The minimum atomic E-state index is -0.903. The zero-order valence-corrected chi connectivity index (χ0v) is 83.1. The van der Waals surface area contributed by atoms with E-state index >= 15 is 0 Å². The zero-order chi connectivity index (χ0) is 105. The summed E-state index contributed by atoms with van der Waals surface area (Å²) >= 11 is 1.61. The van der Waals surface area contributed by atoms with Gasteiger partial charge in [0.05, 0.1) is 44.4 Å². The number of nitrogens with one attached hydrogen (secondary N) is 7. The number of imide groups is 8. The molecule has 38 nitrogen and oxygen atoms in total. The quantitative estimate of drug-likeness (QED) is 0.0593. The first kappa shape index (κ1) is 104. The van der Waals surface area contributed by atoms with E-state index in [2.05, 4.69) is 42.2 Å². The SMILES string of the molecule is Cc1ccc2c(c1)C(=O)N(C1CCC(=O)NC1=O)C2.Cc1ccc2c(c1)C(=O)N(C1CCC(=O)NC1=O)C2=O.Cc1ccc2c(c1)CN(C1CCC(=O)NC1=O)C2=O.Cc1cccc2c1C(=O)N(C1CCC(=O)NC1=O)C2.Cc1cccc2c1C(=O)N(C1CCC(=O)NC1=O)C2=O.Cc1cccc2c1CN(C1CCC(=O)NC1=O)C2=O.Cc1ncsc1-c1ccc(CNC(=O)C2C[C@@H](O)CN2C(=O)[C@@H](C)C(C)(C)C)cc1. The molecule has 13 aliphatic heterocycles. The van der Waals surface area contributed by atoms with Gasteiger partial charge in [0.1, 0.15) is 42.3 Å². The van der Waals surface area contributed by atoms with Crippen molar-refractivity contribution in [3.8, 4) is 10.4 Å². The third-order valence-electron chi connectivity index (χ3n) is 28.2. The number of hydrogen-bond donors (Lipinski definition) is 8. The fourth-order valence-electron chi connectivity index (χ4n) is 19.8. The van der Waals surface area contributed by atoms with Crippen LogP contribution in [0.1, 0.15) is 261 Å². The lowest BCUT2D eigenvalue weighted by Gasteiger charge is -2.32. The van der Waals surface area contributed by atoms with Crippen LogP contribution in [-0.4, -0.2) is 229 Å². The van der Waals surface area contributed by atoms with E-state index in [9.17, 15) is 111 Å². The van der Waals surface area contributed by atoms with Crippen LogP contribution < -0.4 is 37.2 Å². The Morgan fingerprint density at radius 1 is 0.404 bits per heavy atom. The maximum Gasteiger partial charge on any atom is 0.262 e. The number of fused-ring (bicyclic) bond motifs is 6. The number of β-amino-alcohol motifs (C(OH)–C–C–N with tert-alkyl or cyclic N) is 1. The molecule has 0 bridgehead atoms. The molecule has 0 spiro atoms. The van der Waals surface area contributed by atoms with Gasteiger partial charge >= 0.3 is 0 Å². The van der Waals surface area contributed by atoms with E-state index in [1.165, 1.54) is 0 Å². The molecule has 22 amide bonds. The van der Waals surface area contributed by atoms with Gasteiger partial charge in [-0.05, 0) is 179 Å². The Balaban J connectivity index is 0.000000129. The number of piperidine rings is 6. The molecule has 1 aromatic heterocycles. The second-order valence-electron chi connectivity index (χ2n) is 39.2. The van der Waals surface area contributed by atoms with Crippen molar-refractivity contribution in [3.63, 3.8) is 0 Å². The van der Waals surface area contributed by atoms with E-state index in [0.29, 0.717) is 108 Å². The molecule has 7 fully saturated rings. The average molecular weight is 2010 g/mol. The first-order valence-electron chi connectivity index (χ1n) is 48.2. The maximum absolute atomic E-state index is 12.9. The number of likely N-dealkylation sites (tertiary alicyclic amines) is 1. The molecule has 14 heterocycles. The number of amides is 22. The van der Waals surface area contributed by atoms with Gasteiger partial charge in [0.15, 0.2) is 0 Å². The monoisotopic (exact) mass is 2010 g/mol. The van der Waals surface area contributed by atoms with Crippen molar-refractivity contribution in [2.24, 2.45) is 11.3 Å². The molecule has 9 atom stereocenters. The van der Waals surface area contributed by atoms with Gasteiger partial charge in [-0.25, -0.2) is 4.98 Å². The Hall–Kier alpha value is -15.9. The highest BCUT2D eigenvalue weighted by atomic mass is 32.1. The number of nitrogens with zero attached hydrogens (tertiary/aromatic N) is 8. The van der Waals surface area contributed by atoms with Crippen LogP contribution in [0.4, 0.5) is 0 Å². The number of aromatic nitrogens is 1. The predicted octanol–water partition coefficient (Wildman–Crippen LogP) is 7.20. The summed E-state index contributed by atoms with van der Waals surface area (Å²) in [5.74, 6) is -7.32. The summed E-state index contributed by atoms with van der Waals surface area (Å²) in [5.41, 5.74) is 18.2. The van der Waals surface area contributed by atoms with Crippen LogP contribution in [0, 0.1) is 59.8 Å². The van der Waals surface area contributed by atoms with Gasteiger partial charge in [-0.2, -0.15) is 0 Å². The van der Waals surface area contributed by atoms with Gasteiger partial charge in [0.2, 0.25) is 82.7 Å². The molecule has 0 saturated carbocycles. The highest BCUT2D eigenvalue weighted by Crippen LogP contribution is 2.38. The van der Waals surface area contributed by atoms with Crippen LogP contribution in [0.3, 0.4) is 0 Å². The Morgan fingerprint density at radius 2 is 0.808 bits per heavy atom. The van der Waals surface area contributed by atoms with Gasteiger partial charge < -0.3 is 34.9 Å². The number of aliphatic hydroxyl groups is 1. The van der Waals surface area contributed by atoms with Gasteiger partial charge in [-0.15, -0.1) is 11.3 Å². The third kappa shape index (κ3) is 22.1. The van der Waals surface area contributed by atoms with Crippen LogP contribution in [0.2, 0.25) is 0 Å². The number of aliphatic hydroxyl groups excluding tert-OH is 1. The molecule has 0 radical (unpaired) electrons. The zero-order valence-electron chi connectivity index (χ0n) is 82.3. The summed E-state index contributed by atoms with van der Waals surface area (Å²) < 4.78 is 0. The molecule has 7 unspecified atom stereocenters. The molecular formula is C107H111N15O23S. The molecule has 8 aromatic rings. The number of carbonyl (C=O) groups excluding carboxylic acids is 22. The topological polar surface area (TPSA) is 516 Å². The summed E-state index contributed by atoms with van der Waals surface area (Å²) in [5, 5.41) is 26.5. The standard InChI is InChI=1S/C23H31N3O3S.2C14H12N2O4.4C14H14N2O3/c1-14(23(3,4)5)22(29)26-12-18(27)10-19(26)21(28)24-11-16-6-8-17(9-7-16)20-15(2)25-13-30-20;1-7-2-3-8-9(6-7)14(20)16(13(8)19)10-4-5-11(17)15-12(10)18;1-7-3-2-4-8-11(7)14(20)16(13(8)19)9-5-6-10(17)15-12(9)18;1-8-2-3-10-9(6-8)7-16(14(10)19)11-4-5-12(17)15-13(11)18;1-8-2-3-9-7-16(14(19)10(9)6-8)11-4-5-12(17)15-13(11)18;1-8-3-2-4-9-10(8)7-16(14(9)19)11-5-6-12(17)15-13(11)18;1-8-3-2-4-9-7-16(14(19)12(8)9)10-5-6-11(17)15-13(10)18/h6-9,13-14,18-19,27H,10-12H2,1-5H3,(H,24,28);2-3,6,10H,4-5H2,1H3,(H,15,17,18);2-4,9H,5-6H2,1H3,(H,15,17,18);2*2-3,6,11H,4-5,7H2,1H3,(H,15,17,18);2-4,11H,5-7H2,1H3,(H,15,17,18);2-4,10H,5-7H2,1H3,(H,15,17,18)/t14-,18-,19?;;;;;;/m1....../s1. The highest BCUT2D eigenvalue weighted by molar-refractivity contribution is 7.13. The molecule has 0 aliphatic carbocycles. The Bertz CT molecular complexity index is 6770. The molecule has 146 heavy (non-hydrogen) atoms. The smallest absolute Gasteiger partial charge is 0.262 e. The summed E-state index contributed by atoms with van der Waals surface area (Å²) in [6.45, 7) is 23.6. The molecule has 7 saturated heterocycles. The molecule has 13 aliphatic rings. The van der Waals surface area contributed by atoms with Crippen molar-refractivity contribution in [2.75, 3.05) is 6.54 Å². The second-order valence-corrected chi connectivity index (χ2v) is 40.1. The Labute approximate surface area is 843 Å². The molecule has 8 N–H and O–H groups in total. The van der Waals surface area contributed by atoms with Crippen molar-refractivity contribution in [3.05, 3.63) is 250 Å². The normalized spacial score (nSPS) is 21.9. The lowest BCUT2D eigenvalue weighted by atomic mass is 9.81. The molecule has 758 valence electrons. The van der Waals surface area contributed by atoms with Crippen molar-refractivity contribution >= 4 is 141 Å². The number of thiazole rings is 1. The van der Waals surface area contributed by atoms with Gasteiger partial charge in [0.25, 0.3) is 47.3 Å². The number of carbonyl (C=O) groups is 22. The lowest BCUT2D eigenvalue weighted by molar-refractivity contribution is -0.144. The molecule has 7 aromatic carbocycles. The van der Waals surface area contributed by atoms with Crippen molar-refractivity contribution in [1.82, 2.24) is 76.5 Å². The van der Waals surface area contributed by atoms with Crippen LogP contribution in [-0.2, 0) is 99.8 Å². The van der Waals surface area contributed by atoms with E-state index < -0.39 is 83.8 Å². The van der Waals surface area contributed by atoms with Crippen LogP contribution in [0.25, 0.3) is 10.4 Å². The fourth-order valence-corrected chi connectivity index (χ4v) is 20.6. The second kappa shape index (κ2) is 43.3. The van der Waals surface area contributed by atoms with Gasteiger partial charge in [-0.3, -0.25) is 147 Å². The van der Waals surface area contributed by atoms with Gasteiger partial charge in [0, 0.05) is 112 Å². The fraction of sp³-hybridized carbons (Fsp3) is 0.374. The number of rotatable bonds is 11. The number of benzene rings is 7. The third-order valence-corrected chi connectivity index (χ3v) is 29.2. The van der Waals surface area contributed by atoms with E-state index in [0.717, 1.165) is 81.6 Å². The largest absolute Gasteiger partial charge is 0.391 e. The Morgan fingerprint density at radius 3 is 1.29 bits per heavy atom. The summed E-state index contributed by atoms with van der Waals surface area (Å²) in [7, 11) is 0. The number of hydrogen-bond acceptors (Lipinski definition) is 25. The van der Waals surface area contributed by atoms with Crippen molar-refractivity contribution < 1.29 is 111 Å². The summed E-state index contributed by atoms with van der Waals surface area (Å²) in [6, 6.07) is 36.2. The van der Waals surface area contributed by atoms with Crippen LogP contribution in [0.5, 0.6) is 0 Å². The summed E-state index contributed by atoms with van der Waals surface area (Å²) in [4.78, 5) is 278. The number of aryl methyl sites for hydroxylation is 7. The van der Waals surface area contributed by atoms with Crippen LogP contribution in [0.15, 0.2) is 139 Å². The highest BCUT2D eigenvalue weighted by Gasteiger charge is 2.50. The minimum absolute atomic E-state index is 0.0801. The van der Waals surface area contributed by atoms with Crippen molar-refractivity contribution in [1.29, 1.82) is 0 Å². The van der Waals surface area contributed by atoms with Gasteiger partial charge in [-0.1, -0.05) is 141 Å². The predicted molar refractivity (Wildman–Crippen MR) is 523 cm³/mol. The molecular weight excluding hydrogens is 1900 g/mol. The maximum atomic E-state index is 12.9. The van der Waals surface area contributed by atoms with E-state index in [1.54, 1.807) is 91.3 Å². The first-order chi connectivity index (χ1) is 69.3.